The first-order valence-corrected chi connectivity index (χ1v) is 6.74. The normalized spacial score (nSPS) is 8.09. The van der Waals surface area contributed by atoms with Crippen LogP contribution in [0.3, 0.4) is 0 Å². The number of hydrogen-bond acceptors (Lipinski definition) is 2. The Bertz CT molecular complexity index is 635. The van der Waals surface area contributed by atoms with Gasteiger partial charge in [-0.05, 0) is 12.1 Å². The summed E-state index contributed by atoms with van der Waals surface area (Å²) in [4.78, 5) is 8.23. The van der Waals surface area contributed by atoms with Gasteiger partial charge in [-0.1, -0.05) is 6.07 Å². The average Bonchev–Trinajstić information content (AvgIpc) is 2.78. The number of rotatable bonds is 2. The van der Waals surface area contributed by atoms with Crippen molar-refractivity contribution in [2.75, 3.05) is 0 Å². The number of aromatic nitrogens is 3. The Morgan fingerprint density at radius 1 is 0.957 bits per heavy atom. The van der Waals surface area contributed by atoms with Crippen molar-refractivity contribution >= 4 is 15.2 Å². The van der Waals surface area contributed by atoms with Crippen molar-refractivity contribution in [2.45, 2.75) is 6.54 Å². The molecule has 1 aromatic carbocycles. The summed E-state index contributed by atoms with van der Waals surface area (Å²) >= 11 is 2.02. The third kappa shape index (κ3) is 8.21. The van der Waals surface area contributed by atoms with Gasteiger partial charge >= 0.3 is 88.6 Å². The SMILES string of the molecule is C=CCn1[c]([Ti+4])nc2ccccc21.[Cl-].[Cl-].[Cl-].[Cl-].c1ccncc1. The van der Waals surface area contributed by atoms with Crippen LogP contribution in [-0.2, 0) is 27.0 Å². The van der Waals surface area contributed by atoms with E-state index in [1.807, 2.05) is 62.9 Å². The van der Waals surface area contributed by atoms with Crippen molar-refractivity contribution < 1.29 is 70.1 Å². The molecule has 3 nitrogen and oxygen atoms in total. The van der Waals surface area contributed by atoms with Crippen LogP contribution in [0.2, 0.25) is 0 Å². The molecule has 0 fully saturated rings. The van der Waals surface area contributed by atoms with Crippen molar-refractivity contribution in [1.82, 2.24) is 14.5 Å². The van der Waals surface area contributed by atoms with E-state index in [1.165, 1.54) is 5.52 Å². The second-order valence-corrected chi connectivity index (χ2v) is 4.55. The minimum absolute atomic E-state index is 0. The number of halogens is 4. The molecule has 0 radical (unpaired) electrons. The van der Waals surface area contributed by atoms with Crippen molar-refractivity contribution in [3.05, 3.63) is 67.5 Å². The molecule has 0 bridgehead atoms. The van der Waals surface area contributed by atoms with E-state index in [4.69, 9.17) is 0 Å². The molecule has 0 aliphatic heterocycles. The molecule has 0 N–H and O–H groups in total. The van der Waals surface area contributed by atoms with Crippen LogP contribution in [0.15, 0.2) is 67.5 Å². The van der Waals surface area contributed by atoms with Gasteiger partial charge in [0.05, 0.1) is 0 Å². The zero-order valence-electron chi connectivity index (χ0n) is 12.0. The number of fused-ring (bicyclic) bond motifs is 1. The van der Waals surface area contributed by atoms with Crippen LogP contribution in [0.1, 0.15) is 0 Å². The summed E-state index contributed by atoms with van der Waals surface area (Å²) in [6, 6.07) is 13.9. The molecule has 0 amide bonds. The number of imidazole rings is 1. The third-order valence-corrected chi connectivity index (χ3v) is 3.13. The molecule has 0 aliphatic rings. The fourth-order valence-electron chi connectivity index (χ4n) is 1.70. The number of allylic oxidation sites excluding steroid dienone is 1. The maximum Gasteiger partial charge on any atom is 0.0267 e. The molecule has 2 heterocycles. The Balaban J connectivity index is -0.000000351. The van der Waals surface area contributed by atoms with E-state index >= 15 is 0 Å². The van der Waals surface area contributed by atoms with Crippen LogP contribution in [0, 0.1) is 0 Å². The molecule has 8 heteroatoms. The Hall–Kier alpha value is -0.546. The minimum Gasteiger partial charge on any atom is -1.00 e. The van der Waals surface area contributed by atoms with Gasteiger partial charge in [0.25, 0.3) is 0 Å². The maximum atomic E-state index is 4.45. The topological polar surface area (TPSA) is 30.7 Å². The Morgan fingerprint density at radius 3 is 2.04 bits per heavy atom. The number of pyridine rings is 1. The molecule has 3 aromatic rings. The van der Waals surface area contributed by atoms with Gasteiger partial charge < -0.3 is 49.6 Å². The summed E-state index contributed by atoms with van der Waals surface area (Å²) in [5.41, 5.74) is 2.24. The smallest absolute Gasteiger partial charge is 0.0267 e. The van der Waals surface area contributed by atoms with E-state index in [9.17, 15) is 0 Å². The van der Waals surface area contributed by atoms with E-state index in [-0.39, 0.29) is 49.6 Å². The minimum atomic E-state index is 0. The molecule has 3 rings (SSSR count). The van der Waals surface area contributed by atoms with Crippen molar-refractivity contribution in [3.8, 4) is 0 Å². The first kappa shape index (κ1) is 27.3. The van der Waals surface area contributed by atoms with Crippen molar-refractivity contribution in [3.63, 3.8) is 0 Å². The molecule has 0 spiro atoms. The molecular formula is C15H14Cl4N3Ti. The predicted octanol–water partition coefficient (Wildman–Crippen LogP) is -9.51. The van der Waals surface area contributed by atoms with Gasteiger partial charge in [0, 0.05) is 12.4 Å². The number of para-hydroxylation sites is 2. The summed E-state index contributed by atoms with van der Waals surface area (Å²) in [5, 5.41) is 0. The molecule has 0 unspecified atom stereocenters. The zero-order valence-corrected chi connectivity index (χ0v) is 16.6. The predicted molar refractivity (Wildman–Crippen MR) is 73.8 cm³/mol. The largest absolute Gasteiger partial charge is 1.00 e. The third-order valence-electron chi connectivity index (χ3n) is 2.53. The van der Waals surface area contributed by atoms with Crippen LogP contribution >= 0.6 is 0 Å². The maximum absolute atomic E-state index is 4.45. The Labute approximate surface area is 173 Å². The molecule has 0 aliphatic carbocycles. The van der Waals surface area contributed by atoms with Crippen LogP contribution in [-0.4, -0.2) is 14.5 Å². The van der Waals surface area contributed by atoms with Gasteiger partial charge in [-0.3, -0.25) is 4.98 Å². The second-order valence-electron chi connectivity index (χ2n) is 3.85. The number of hydrogen-bond donors (Lipinski definition) is 0. The molecule has 0 atom stereocenters. The fourth-order valence-corrected chi connectivity index (χ4v) is 2.22. The van der Waals surface area contributed by atoms with Gasteiger partial charge in [0.1, 0.15) is 0 Å². The molecular weight excluding hydrogens is 412 g/mol. The summed E-state index contributed by atoms with van der Waals surface area (Å²) < 4.78 is 3.20. The average molecular weight is 426 g/mol. The van der Waals surface area contributed by atoms with Gasteiger partial charge in [-0.15, -0.1) is 0 Å². The van der Waals surface area contributed by atoms with Gasteiger partial charge in [0.15, 0.2) is 0 Å². The van der Waals surface area contributed by atoms with E-state index in [0.717, 1.165) is 16.2 Å². The van der Waals surface area contributed by atoms with Gasteiger partial charge in [-0.2, -0.15) is 0 Å². The molecule has 121 valence electrons. The Morgan fingerprint density at radius 2 is 1.57 bits per heavy atom. The zero-order chi connectivity index (χ0) is 13.5. The van der Waals surface area contributed by atoms with Crippen LogP contribution in [0.5, 0.6) is 0 Å². The molecule has 2 aromatic heterocycles. The van der Waals surface area contributed by atoms with E-state index < -0.39 is 0 Å². The first-order chi connectivity index (χ1) is 9.33. The fraction of sp³-hybridized carbons (Fsp3) is 0.0667. The monoisotopic (exact) mass is 424 g/mol. The summed E-state index contributed by atoms with van der Waals surface area (Å²) in [7, 11) is 0. The number of nitrogens with zero attached hydrogens (tertiary/aromatic N) is 3. The summed E-state index contributed by atoms with van der Waals surface area (Å²) in [6.07, 6.45) is 5.39. The summed E-state index contributed by atoms with van der Waals surface area (Å²) in [6.45, 7) is 4.56. The van der Waals surface area contributed by atoms with Crippen LogP contribution < -0.4 is 53.8 Å². The molecule has 23 heavy (non-hydrogen) atoms. The van der Waals surface area contributed by atoms with Crippen LogP contribution in [0.4, 0.5) is 0 Å². The molecule has 0 saturated heterocycles. The molecule has 0 saturated carbocycles. The van der Waals surface area contributed by atoms with E-state index in [2.05, 4.69) is 27.2 Å². The second kappa shape index (κ2) is 15.0. The quantitative estimate of drug-likeness (QED) is 0.301. The van der Waals surface area contributed by atoms with Crippen molar-refractivity contribution in [1.29, 1.82) is 0 Å². The van der Waals surface area contributed by atoms with Crippen molar-refractivity contribution in [2.24, 2.45) is 0 Å². The van der Waals surface area contributed by atoms with Gasteiger partial charge in [0.2, 0.25) is 0 Å². The summed E-state index contributed by atoms with van der Waals surface area (Å²) in [5.74, 6) is 0. The number of benzene rings is 1. The van der Waals surface area contributed by atoms with E-state index in [1.54, 1.807) is 12.4 Å². The first-order valence-electron chi connectivity index (χ1n) is 5.95. The van der Waals surface area contributed by atoms with Gasteiger partial charge in [-0.25, -0.2) is 0 Å². The van der Waals surface area contributed by atoms with Crippen LogP contribution in [0.25, 0.3) is 11.0 Å². The van der Waals surface area contributed by atoms with E-state index in [0.29, 0.717) is 0 Å². The Kier molecular flexibility index (Phi) is 17.8. The standard InChI is InChI=1S/C10H9N2.C5H5N.4ClH.Ti/c1-2-7-12-8-11-9-5-3-4-6-10(9)12;1-2-4-6-5-3-1;;;;;/h2-6H,1,7H2;1-5H;4*1H;/q;;;;;;+4/p-4.